The third-order valence-corrected chi connectivity index (χ3v) is 4.45. The number of anilines is 1. The molecule has 0 aliphatic rings. The van der Waals surface area contributed by atoms with E-state index in [0.29, 0.717) is 18.4 Å². The van der Waals surface area contributed by atoms with Crippen LogP contribution >= 0.6 is 0 Å². The monoisotopic (exact) mass is 358 g/mol. The number of hydrogen-bond acceptors (Lipinski definition) is 5. The van der Waals surface area contributed by atoms with Crippen LogP contribution in [0, 0.1) is 0 Å². The molecule has 0 spiro atoms. The van der Waals surface area contributed by atoms with Crippen LogP contribution in [0.25, 0.3) is 22.2 Å². The van der Waals surface area contributed by atoms with Crippen molar-refractivity contribution in [1.82, 2.24) is 24.7 Å². The lowest BCUT2D eigenvalue weighted by Gasteiger charge is -2.12. The van der Waals surface area contributed by atoms with Gasteiger partial charge in [0.05, 0.1) is 11.2 Å². The number of nitrogens with one attached hydrogen (secondary N) is 1. The normalized spacial score (nSPS) is 11.2. The highest BCUT2D eigenvalue weighted by atomic mass is 15.3. The van der Waals surface area contributed by atoms with Crippen LogP contribution in [0.3, 0.4) is 0 Å². The first-order valence-electron chi connectivity index (χ1n) is 9.16. The van der Waals surface area contributed by atoms with Crippen molar-refractivity contribution < 1.29 is 0 Å². The fourth-order valence-corrected chi connectivity index (χ4v) is 3.14. The molecule has 0 radical (unpaired) electrons. The standard InChI is InChI=1S/C21H22N6/c1-15(2)20-26-23-14-27(20)13-12-22-21-24-18-11-7-6-10-17(18)19(25-21)16-8-4-3-5-9-16/h3-11,14-15H,12-13H2,1-2H3,(H,22,24,25). The Hall–Kier alpha value is -3.28. The second-order valence-corrected chi connectivity index (χ2v) is 6.74. The van der Waals surface area contributed by atoms with E-state index in [2.05, 4.69) is 57.1 Å². The molecule has 0 unspecified atom stereocenters. The molecule has 0 atom stereocenters. The lowest BCUT2D eigenvalue weighted by atomic mass is 10.1. The van der Waals surface area contributed by atoms with E-state index >= 15 is 0 Å². The molecule has 1 N–H and O–H groups in total. The lowest BCUT2D eigenvalue weighted by molar-refractivity contribution is 0.636. The van der Waals surface area contributed by atoms with E-state index < -0.39 is 0 Å². The molecule has 27 heavy (non-hydrogen) atoms. The fraction of sp³-hybridized carbons (Fsp3) is 0.238. The minimum atomic E-state index is 0.342. The summed E-state index contributed by atoms with van der Waals surface area (Å²) in [6.07, 6.45) is 1.77. The first-order chi connectivity index (χ1) is 13.2. The third kappa shape index (κ3) is 3.65. The Balaban J connectivity index is 1.60. The van der Waals surface area contributed by atoms with Crippen LogP contribution < -0.4 is 5.32 Å². The lowest BCUT2D eigenvalue weighted by Crippen LogP contribution is -2.14. The van der Waals surface area contributed by atoms with Crippen LogP contribution in [0.4, 0.5) is 5.95 Å². The van der Waals surface area contributed by atoms with Crippen molar-refractivity contribution in [3.8, 4) is 11.3 Å². The van der Waals surface area contributed by atoms with Gasteiger partial charge in [0.15, 0.2) is 0 Å². The molecule has 136 valence electrons. The van der Waals surface area contributed by atoms with Crippen molar-refractivity contribution in [1.29, 1.82) is 0 Å². The second kappa shape index (κ2) is 7.53. The summed E-state index contributed by atoms with van der Waals surface area (Å²) in [7, 11) is 0. The molecule has 6 heteroatoms. The van der Waals surface area contributed by atoms with Crippen molar-refractivity contribution in [2.24, 2.45) is 0 Å². The molecule has 0 aliphatic carbocycles. The van der Waals surface area contributed by atoms with Gasteiger partial charge in [-0.15, -0.1) is 10.2 Å². The molecule has 4 rings (SSSR count). The summed E-state index contributed by atoms with van der Waals surface area (Å²) >= 11 is 0. The van der Waals surface area contributed by atoms with Gasteiger partial charge in [-0.2, -0.15) is 0 Å². The number of hydrogen-bond donors (Lipinski definition) is 1. The number of aromatic nitrogens is 5. The van der Waals surface area contributed by atoms with Crippen molar-refractivity contribution in [3.63, 3.8) is 0 Å². The smallest absolute Gasteiger partial charge is 0.223 e. The van der Waals surface area contributed by atoms with Gasteiger partial charge in [0.1, 0.15) is 12.2 Å². The van der Waals surface area contributed by atoms with Gasteiger partial charge in [-0.1, -0.05) is 62.4 Å². The summed E-state index contributed by atoms with van der Waals surface area (Å²) < 4.78 is 2.07. The Labute approximate surface area is 158 Å². The second-order valence-electron chi connectivity index (χ2n) is 6.74. The molecule has 2 aromatic carbocycles. The first-order valence-corrected chi connectivity index (χ1v) is 9.16. The van der Waals surface area contributed by atoms with Gasteiger partial charge in [0, 0.05) is 30.0 Å². The van der Waals surface area contributed by atoms with Gasteiger partial charge in [-0.3, -0.25) is 0 Å². The van der Waals surface area contributed by atoms with Crippen LogP contribution in [0.15, 0.2) is 60.9 Å². The van der Waals surface area contributed by atoms with Crippen molar-refractivity contribution in [2.45, 2.75) is 26.3 Å². The summed E-state index contributed by atoms with van der Waals surface area (Å²) in [5.41, 5.74) is 2.96. The molecule has 0 saturated carbocycles. The van der Waals surface area contributed by atoms with Crippen molar-refractivity contribution in [2.75, 3.05) is 11.9 Å². The van der Waals surface area contributed by atoms with Crippen LogP contribution in [0.2, 0.25) is 0 Å². The van der Waals surface area contributed by atoms with Crippen LogP contribution in [-0.4, -0.2) is 31.3 Å². The zero-order valence-corrected chi connectivity index (χ0v) is 15.5. The van der Waals surface area contributed by atoms with E-state index in [0.717, 1.165) is 34.5 Å². The van der Waals surface area contributed by atoms with Gasteiger partial charge in [0.25, 0.3) is 0 Å². The summed E-state index contributed by atoms with van der Waals surface area (Å²) in [6.45, 7) is 5.70. The van der Waals surface area contributed by atoms with E-state index in [1.165, 1.54) is 0 Å². The van der Waals surface area contributed by atoms with E-state index in [1.54, 1.807) is 6.33 Å². The molecule has 6 nitrogen and oxygen atoms in total. The zero-order chi connectivity index (χ0) is 18.6. The Morgan fingerprint density at radius 1 is 0.963 bits per heavy atom. The predicted molar refractivity (Wildman–Crippen MR) is 108 cm³/mol. The maximum Gasteiger partial charge on any atom is 0.223 e. The number of benzene rings is 2. The topological polar surface area (TPSA) is 68.5 Å². The minimum absolute atomic E-state index is 0.342. The molecule has 0 amide bonds. The zero-order valence-electron chi connectivity index (χ0n) is 15.5. The Morgan fingerprint density at radius 2 is 1.74 bits per heavy atom. The van der Waals surface area contributed by atoms with Gasteiger partial charge < -0.3 is 9.88 Å². The number of rotatable bonds is 6. The Kier molecular flexibility index (Phi) is 4.78. The predicted octanol–water partition coefficient (Wildman–Crippen LogP) is 4.12. The highest BCUT2D eigenvalue weighted by Crippen LogP contribution is 2.26. The molecule has 2 heterocycles. The van der Waals surface area contributed by atoms with E-state index in [4.69, 9.17) is 4.98 Å². The van der Waals surface area contributed by atoms with Gasteiger partial charge in [-0.05, 0) is 6.07 Å². The van der Waals surface area contributed by atoms with Gasteiger partial charge >= 0.3 is 0 Å². The van der Waals surface area contributed by atoms with Crippen molar-refractivity contribution >= 4 is 16.9 Å². The summed E-state index contributed by atoms with van der Waals surface area (Å²) in [6, 6.07) is 18.3. The minimum Gasteiger partial charge on any atom is -0.352 e. The number of fused-ring (bicyclic) bond motifs is 1. The number of nitrogens with zero attached hydrogens (tertiary/aromatic N) is 5. The Morgan fingerprint density at radius 3 is 2.56 bits per heavy atom. The molecule has 0 saturated heterocycles. The Bertz CT molecular complexity index is 1040. The molecule has 4 aromatic rings. The maximum absolute atomic E-state index is 4.78. The SMILES string of the molecule is CC(C)c1nncn1CCNc1nc(-c2ccccc2)c2ccccc2n1. The molecule has 0 aliphatic heterocycles. The summed E-state index contributed by atoms with van der Waals surface area (Å²) in [4.78, 5) is 9.46. The third-order valence-electron chi connectivity index (χ3n) is 4.45. The highest BCUT2D eigenvalue weighted by molar-refractivity contribution is 5.93. The molecule has 2 aromatic heterocycles. The molecule has 0 bridgehead atoms. The van der Waals surface area contributed by atoms with Crippen LogP contribution in [0.5, 0.6) is 0 Å². The van der Waals surface area contributed by atoms with E-state index in [9.17, 15) is 0 Å². The summed E-state index contributed by atoms with van der Waals surface area (Å²) in [5.74, 6) is 1.96. The average molecular weight is 358 g/mol. The first kappa shape index (κ1) is 17.1. The number of para-hydroxylation sites is 1. The summed E-state index contributed by atoms with van der Waals surface area (Å²) in [5, 5.41) is 12.6. The van der Waals surface area contributed by atoms with Crippen LogP contribution in [0.1, 0.15) is 25.6 Å². The van der Waals surface area contributed by atoms with Crippen LogP contribution in [-0.2, 0) is 6.54 Å². The molecule has 0 fully saturated rings. The fourth-order valence-electron chi connectivity index (χ4n) is 3.14. The van der Waals surface area contributed by atoms with Gasteiger partial charge in [0.2, 0.25) is 5.95 Å². The quantitative estimate of drug-likeness (QED) is 0.561. The largest absolute Gasteiger partial charge is 0.352 e. The van der Waals surface area contributed by atoms with Crippen molar-refractivity contribution in [3.05, 3.63) is 66.7 Å². The molecular formula is C21H22N6. The molecular weight excluding hydrogens is 336 g/mol. The van der Waals surface area contributed by atoms with E-state index in [1.807, 2.05) is 36.4 Å². The van der Waals surface area contributed by atoms with E-state index in [-0.39, 0.29) is 0 Å². The highest BCUT2D eigenvalue weighted by Gasteiger charge is 2.11. The average Bonchev–Trinajstić information content (AvgIpc) is 3.17. The van der Waals surface area contributed by atoms with Gasteiger partial charge in [-0.25, -0.2) is 9.97 Å². The maximum atomic E-state index is 4.78.